The molecule has 2 aromatic carbocycles. The minimum Gasteiger partial charge on any atom is -0.330 e. The van der Waals surface area contributed by atoms with E-state index in [9.17, 15) is 8.78 Å². The van der Waals surface area contributed by atoms with Crippen LogP contribution in [0.15, 0.2) is 36.4 Å². The number of para-hydroxylation sites is 1. The van der Waals surface area contributed by atoms with E-state index in [0.29, 0.717) is 21.5 Å². The van der Waals surface area contributed by atoms with Gasteiger partial charge in [0, 0.05) is 6.07 Å². The molecule has 0 saturated heterocycles. The van der Waals surface area contributed by atoms with Gasteiger partial charge in [0.1, 0.15) is 11.6 Å². The maximum absolute atomic E-state index is 14.0. The molecule has 0 aliphatic carbocycles. The smallest absolute Gasteiger partial charge is 0.182 e. The Hall–Kier alpha value is -2.01. The topological polar surface area (TPSA) is 20.7 Å². The summed E-state index contributed by atoms with van der Waals surface area (Å²) in [7, 11) is 0. The van der Waals surface area contributed by atoms with Gasteiger partial charge in [0.25, 0.3) is 0 Å². The van der Waals surface area contributed by atoms with Gasteiger partial charge in [0.2, 0.25) is 0 Å². The average Bonchev–Trinajstić information content (AvgIpc) is 2.66. The highest BCUT2D eigenvalue weighted by atomic mass is 32.1. The molecule has 1 aromatic heterocycles. The second-order valence-corrected chi connectivity index (χ2v) is 4.72. The van der Waals surface area contributed by atoms with Gasteiger partial charge in [0.05, 0.1) is 16.7 Å². The lowest BCUT2D eigenvalue weighted by molar-refractivity contribution is 0.616. The molecule has 0 radical (unpaired) electrons. The quantitative estimate of drug-likeness (QED) is 0.658. The molecule has 0 spiro atoms. The van der Waals surface area contributed by atoms with Gasteiger partial charge in [0.15, 0.2) is 4.77 Å². The first-order valence-corrected chi connectivity index (χ1v) is 6.14. The molecule has 3 aromatic rings. The van der Waals surface area contributed by atoms with Crippen LogP contribution in [0.2, 0.25) is 0 Å². The molecule has 19 heavy (non-hydrogen) atoms. The number of aromatic amines is 1. The maximum Gasteiger partial charge on any atom is 0.182 e. The molecule has 0 aliphatic heterocycles. The monoisotopic (exact) mass is 276 g/mol. The lowest BCUT2D eigenvalue weighted by Crippen LogP contribution is -2.00. The number of imidazole rings is 1. The van der Waals surface area contributed by atoms with Crippen LogP contribution >= 0.6 is 12.2 Å². The molecule has 96 valence electrons. The maximum atomic E-state index is 14.0. The fourth-order valence-electron chi connectivity index (χ4n) is 2.20. The molecule has 1 N–H and O–H groups in total. The number of aromatic nitrogens is 2. The van der Waals surface area contributed by atoms with Crippen molar-refractivity contribution in [3.63, 3.8) is 0 Å². The van der Waals surface area contributed by atoms with Gasteiger partial charge < -0.3 is 4.98 Å². The highest BCUT2D eigenvalue weighted by Gasteiger charge is 2.13. The summed E-state index contributed by atoms with van der Waals surface area (Å²) in [6.07, 6.45) is 0. The molecule has 0 amide bonds. The van der Waals surface area contributed by atoms with Crippen LogP contribution in [0.3, 0.4) is 0 Å². The van der Waals surface area contributed by atoms with Crippen molar-refractivity contribution < 1.29 is 8.78 Å². The Labute approximate surface area is 113 Å². The van der Waals surface area contributed by atoms with Gasteiger partial charge in [-0.2, -0.15) is 0 Å². The summed E-state index contributed by atoms with van der Waals surface area (Å²) in [4.78, 5) is 2.95. The van der Waals surface area contributed by atoms with Gasteiger partial charge in [-0.15, -0.1) is 0 Å². The van der Waals surface area contributed by atoms with Crippen LogP contribution in [0.5, 0.6) is 0 Å². The predicted molar refractivity (Wildman–Crippen MR) is 73.1 cm³/mol. The second-order valence-electron chi connectivity index (χ2n) is 4.33. The molecule has 0 saturated carbocycles. The van der Waals surface area contributed by atoms with Crippen molar-refractivity contribution in [1.82, 2.24) is 9.55 Å². The van der Waals surface area contributed by atoms with Crippen LogP contribution in [-0.2, 0) is 0 Å². The molecule has 5 heteroatoms. The van der Waals surface area contributed by atoms with E-state index in [-0.39, 0.29) is 11.6 Å². The largest absolute Gasteiger partial charge is 0.330 e. The van der Waals surface area contributed by atoms with E-state index in [2.05, 4.69) is 4.98 Å². The number of hydrogen-bond acceptors (Lipinski definition) is 1. The van der Waals surface area contributed by atoms with Gasteiger partial charge in [-0.05, 0) is 42.9 Å². The Bertz CT molecular complexity index is 813. The van der Waals surface area contributed by atoms with Crippen molar-refractivity contribution in [3.8, 4) is 5.69 Å². The van der Waals surface area contributed by atoms with E-state index in [1.807, 2.05) is 0 Å². The number of nitrogens with one attached hydrogen (secondary N) is 1. The molecule has 0 atom stereocenters. The standard InChI is InChI=1S/C14H10F2N2S/c1-8-3-2-4-10(16)13(8)18-12-7-9(15)5-6-11(12)17-14(18)19/h2-7H,1H3,(H,17,19). The van der Waals surface area contributed by atoms with Crippen molar-refractivity contribution >= 4 is 23.3 Å². The summed E-state index contributed by atoms with van der Waals surface area (Å²) < 4.78 is 29.3. The van der Waals surface area contributed by atoms with E-state index in [4.69, 9.17) is 12.2 Å². The summed E-state index contributed by atoms with van der Waals surface area (Å²) >= 11 is 5.22. The fraction of sp³-hybridized carbons (Fsp3) is 0.0714. The van der Waals surface area contributed by atoms with Crippen molar-refractivity contribution in [2.45, 2.75) is 6.92 Å². The third-order valence-electron chi connectivity index (χ3n) is 3.06. The Morgan fingerprint density at radius 1 is 1.16 bits per heavy atom. The van der Waals surface area contributed by atoms with Gasteiger partial charge >= 0.3 is 0 Å². The molecule has 1 heterocycles. The molecule has 0 fully saturated rings. The molecule has 2 nitrogen and oxygen atoms in total. The zero-order chi connectivity index (χ0) is 13.6. The molecule has 0 unspecified atom stereocenters. The van der Waals surface area contributed by atoms with Crippen molar-refractivity contribution in [1.29, 1.82) is 0 Å². The predicted octanol–water partition coefficient (Wildman–Crippen LogP) is 4.27. The summed E-state index contributed by atoms with van der Waals surface area (Å²) in [5.41, 5.74) is 2.29. The number of aryl methyl sites for hydroxylation is 1. The van der Waals surface area contributed by atoms with Gasteiger partial charge in [-0.3, -0.25) is 4.57 Å². The van der Waals surface area contributed by atoms with E-state index >= 15 is 0 Å². The Morgan fingerprint density at radius 2 is 1.95 bits per heavy atom. The van der Waals surface area contributed by atoms with Crippen LogP contribution in [0.1, 0.15) is 5.56 Å². The summed E-state index contributed by atoms with van der Waals surface area (Å²) in [5, 5.41) is 0. The van der Waals surface area contributed by atoms with E-state index in [0.717, 1.165) is 5.56 Å². The summed E-state index contributed by atoms with van der Waals surface area (Å²) in [5.74, 6) is -0.773. The first kappa shape index (κ1) is 12.0. The van der Waals surface area contributed by atoms with E-state index in [1.54, 1.807) is 25.1 Å². The number of benzene rings is 2. The lowest BCUT2D eigenvalue weighted by Gasteiger charge is -2.09. The summed E-state index contributed by atoms with van der Waals surface area (Å²) in [6.45, 7) is 1.79. The van der Waals surface area contributed by atoms with Gasteiger partial charge in [-0.1, -0.05) is 12.1 Å². The van der Waals surface area contributed by atoms with Crippen LogP contribution in [0.25, 0.3) is 16.7 Å². The molecule has 0 aliphatic rings. The first-order chi connectivity index (χ1) is 9.08. The second kappa shape index (κ2) is 4.28. The lowest BCUT2D eigenvalue weighted by atomic mass is 10.2. The Kier molecular flexibility index (Phi) is 2.71. The highest BCUT2D eigenvalue weighted by molar-refractivity contribution is 7.71. The number of fused-ring (bicyclic) bond motifs is 1. The normalized spacial score (nSPS) is 11.1. The fourth-order valence-corrected chi connectivity index (χ4v) is 2.50. The number of nitrogens with zero attached hydrogens (tertiary/aromatic N) is 1. The minimum atomic E-state index is -0.388. The van der Waals surface area contributed by atoms with Crippen LogP contribution < -0.4 is 0 Å². The van der Waals surface area contributed by atoms with Crippen molar-refractivity contribution in [3.05, 3.63) is 58.4 Å². The minimum absolute atomic E-state index is 0.341. The van der Waals surface area contributed by atoms with Crippen molar-refractivity contribution in [2.75, 3.05) is 0 Å². The molecular formula is C14H10F2N2S. The van der Waals surface area contributed by atoms with Crippen molar-refractivity contribution in [2.24, 2.45) is 0 Å². The number of H-pyrrole nitrogens is 1. The number of halogens is 2. The Morgan fingerprint density at radius 3 is 2.68 bits per heavy atom. The van der Waals surface area contributed by atoms with Crippen LogP contribution in [-0.4, -0.2) is 9.55 Å². The molecule has 3 rings (SSSR count). The van der Waals surface area contributed by atoms with Crippen LogP contribution in [0.4, 0.5) is 8.78 Å². The Balaban J connectivity index is 2.46. The van der Waals surface area contributed by atoms with Gasteiger partial charge in [-0.25, -0.2) is 8.78 Å². The van der Waals surface area contributed by atoms with E-state index < -0.39 is 0 Å². The SMILES string of the molecule is Cc1cccc(F)c1-n1c(=S)[nH]c2ccc(F)cc21. The summed E-state index contributed by atoms with van der Waals surface area (Å²) in [6, 6.07) is 9.06. The third-order valence-corrected chi connectivity index (χ3v) is 3.34. The van der Waals surface area contributed by atoms with Crippen LogP contribution in [0, 0.1) is 23.3 Å². The number of hydrogen-bond donors (Lipinski definition) is 1. The third kappa shape index (κ3) is 1.86. The molecule has 0 bridgehead atoms. The highest BCUT2D eigenvalue weighted by Crippen LogP contribution is 2.24. The zero-order valence-electron chi connectivity index (χ0n) is 10.1. The van der Waals surface area contributed by atoms with E-state index in [1.165, 1.54) is 22.8 Å². The molecular weight excluding hydrogens is 266 g/mol. The number of rotatable bonds is 1. The average molecular weight is 276 g/mol. The zero-order valence-corrected chi connectivity index (χ0v) is 10.9. The first-order valence-electron chi connectivity index (χ1n) is 5.73.